The standard InChI is InChI=1S/C14H19BrFN/c1-9-7-10(15)11(16)8-12(9)17-13-5-4-6-14(13,2)3/h7-8,13,17H,4-6H2,1-3H3. The first kappa shape index (κ1) is 12.9. The monoisotopic (exact) mass is 299 g/mol. The molecule has 0 bridgehead atoms. The number of hydrogen-bond donors (Lipinski definition) is 1. The third-order valence-corrected chi connectivity index (χ3v) is 4.46. The number of hydrogen-bond acceptors (Lipinski definition) is 1. The van der Waals surface area contributed by atoms with Crippen molar-refractivity contribution in [1.29, 1.82) is 0 Å². The van der Waals surface area contributed by atoms with Crippen LogP contribution in [0.1, 0.15) is 38.7 Å². The maximum atomic E-state index is 13.5. The van der Waals surface area contributed by atoms with Crippen LogP contribution in [-0.2, 0) is 0 Å². The highest BCUT2D eigenvalue weighted by atomic mass is 79.9. The lowest BCUT2D eigenvalue weighted by Crippen LogP contribution is -2.31. The van der Waals surface area contributed by atoms with Gasteiger partial charge in [-0.15, -0.1) is 0 Å². The molecule has 1 saturated carbocycles. The molecule has 1 aromatic carbocycles. The summed E-state index contributed by atoms with van der Waals surface area (Å²) in [6.07, 6.45) is 3.66. The Labute approximate surface area is 111 Å². The van der Waals surface area contributed by atoms with E-state index in [0.717, 1.165) is 11.3 Å². The molecule has 1 atom stereocenters. The number of benzene rings is 1. The second kappa shape index (κ2) is 4.60. The van der Waals surface area contributed by atoms with E-state index in [1.54, 1.807) is 6.07 Å². The first-order chi connectivity index (χ1) is 7.90. The van der Waals surface area contributed by atoms with Crippen molar-refractivity contribution in [3.05, 3.63) is 28.0 Å². The van der Waals surface area contributed by atoms with Crippen molar-refractivity contribution in [1.82, 2.24) is 0 Å². The van der Waals surface area contributed by atoms with Gasteiger partial charge < -0.3 is 5.32 Å². The van der Waals surface area contributed by atoms with Gasteiger partial charge in [0.15, 0.2) is 0 Å². The van der Waals surface area contributed by atoms with Crippen molar-refractivity contribution in [3.8, 4) is 0 Å². The van der Waals surface area contributed by atoms with Gasteiger partial charge in [0.2, 0.25) is 0 Å². The Balaban J connectivity index is 2.22. The molecule has 0 spiro atoms. The molecule has 1 aliphatic rings. The van der Waals surface area contributed by atoms with Gasteiger partial charge >= 0.3 is 0 Å². The van der Waals surface area contributed by atoms with E-state index in [4.69, 9.17) is 0 Å². The molecule has 94 valence electrons. The van der Waals surface area contributed by atoms with E-state index in [1.807, 2.05) is 13.0 Å². The van der Waals surface area contributed by atoms with Crippen molar-refractivity contribution in [2.45, 2.75) is 46.1 Å². The number of anilines is 1. The molecule has 1 aromatic rings. The van der Waals surface area contributed by atoms with Crippen molar-refractivity contribution >= 4 is 21.6 Å². The maximum Gasteiger partial charge on any atom is 0.139 e. The van der Waals surface area contributed by atoms with Crippen molar-refractivity contribution in [2.75, 3.05) is 5.32 Å². The zero-order valence-electron chi connectivity index (χ0n) is 10.6. The normalized spacial score (nSPS) is 22.8. The summed E-state index contributed by atoms with van der Waals surface area (Å²) in [4.78, 5) is 0. The predicted molar refractivity (Wildman–Crippen MR) is 73.9 cm³/mol. The molecule has 1 N–H and O–H groups in total. The quantitative estimate of drug-likeness (QED) is 0.820. The van der Waals surface area contributed by atoms with E-state index >= 15 is 0 Å². The smallest absolute Gasteiger partial charge is 0.139 e. The summed E-state index contributed by atoms with van der Waals surface area (Å²) in [5.74, 6) is -0.200. The summed E-state index contributed by atoms with van der Waals surface area (Å²) in [5, 5.41) is 3.51. The number of aryl methyl sites for hydroxylation is 1. The van der Waals surface area contributed by atoms with Crippen molar-refractivity contribution in [2.24, 2.45) is 5.41 Å². The summed E-state index contributed by atoms with van der Waals surface area (Å²) in [5.41, 5.74) is 2.31. The maximum absolute atomic E-state index is 13.5. The number of rotatable bonds is 2. The Hall–Kier alpha value is -0.570. The molecule has 17 heavy (non-hydrogen) atoms. The molecular weight excluding hydrogens is 281 g/mol. The van der Waals surface area contributed by atoms with Crippen molar-refractivity contribution < 1.29 is 4.39 Å². The van der Waals surface area contributed by atoms with Gasteiger partial charge in [-0.1, -0.05) is 20.3 Å². The largest absolute Gasteiger partial charge is 0.381 e. The molecule has 1 nitrogen and oxygen atoms in total. The second-order valence-electron chi connectivity index (χ2n) is 5.66. The van der Waals surface area contributed by atoms with Crippen LogP contribution in [-0.4, -0.2) is 6.04 Å². The molecular formula is C14H19BrFN. The van der Waals surface area contributed by atoms with Gasteiger partial charge in [-0.2, -0.15) is 0 Å². The molecule has 0 heterocycles. The SMILES string of the molecule is Cc1cc(Br)c(F)cc1NC1CCCC1(C)C. The number of halogens is 2. The van der Waals surface area contributed by atoms with Crippen LogP contribution in [0.25, 0.3) is 0 Å². The Kier molecular flexibility index (Phi) is 3.48. The van der Waals surface area contributed by atoms with Crippen LogP contribution < -0.4 is 5.32 Å². The summed E-state index contributed by atoms with van der Waals surface area (Å²) < 4.78 is 14.1. The molecule has 0 aromatic heterocycles. The lowest BCUT2D eigenvalue weighted by atomic mass is 9.87. The summed E-state index contributed by atoms with van der Waals surface area (Å²) in [6, 6.07) is 3.87. The molecule has 0 aliphatic heterocycles. The summed E-state index contributed by atoms with van der Waals surface area (Å²) in [7, 11) is 0. The van der Waals surface area contributed by atoms with Crippen LogP contribution in [0.2, 0.25) is 0 Å². The van der Waals surface area contributed by atoms with E-state index in [9.17, 15) is 4.39 Å². The Bertz CT molecular complexity index is 428. The van der Waals surface area contributed by atoms with Gasteiger partial charge in [0, 0.05) is 11.7 Å². The number of nitrogens with one attached hydrogen (secondary N) is 1. The lowest BCUT2D eigenvalue weighted by Gasteiger charge is -2.29. The van der Waals surface area contributed by atoms with Gasteiger partial charge in [0.1, 0.15) is 5.82 Å². The van der Waals surface area contributed by atoms with E-state index < -0.39 is 0 Å². The first-order valence-electron chi connectivity index (χ1n) is 6.12. The molecule has 1 fully saturated rings. The van der Waals surface area contributed by atoms with Crippen LogP contribution in [0.5, 0.6) is 0 Å². The summed E-state index contributed by atoms with van der Waals surface area (Å²) >= 11 is 3.21. The highest BCUT2D eigenvalue weighted by Crippen LogP contribution is 2.39. The van der Waals surface area contributed by atoms with Crippen LogP contribution >= 0.6 is 15.9 Å². The Morgan fingerprint density at radius 2 is 2.12 bits per heavy atom. The fraction of sp³-hybridized carbons (Fsp3) is 0.571. The Morgan fingerprint density at radius 3 is 2.71 bits per heavy atom. The first-order valence-corrected chi connectivity index (χ1v) is 6.91. The zero-order valence-corrected chi connectivity index (χ0v) is 12.2. The van der Waals surface area contributed by atoms with Gasteiger partial charge in [-0.25, -0.2) is 4.39 Å². The van der Waals surface area contributed by atoms with E-state index in [0.29, 0.717) is 15.9 Å². The zero-order chi connectivity index (χ0) is 12.6. The summed E-state index contributed by atoms with van der Waals surface area (Å²) in [6.45, 7) is 6.57. The molecule has 3 heteroatoms. The van der Waals surface area contributed by atoms with Crippen molar-refractivity contribution in [3.63, 3.8) is 0 Å². The minimum absolute atomic E-state index is 0.200. The van der Waals surface area contributed by atoms with Gasteiger partial charge in [0.05, 0.1) is 4.47 Å². The van der Waals surface area contributed by atoms with Crippen LogP contribution in [0.4, 0.5) is 10.1 Å². The molecule has 1 aliphatic carbocycles. The third kappa shape index (κ3) is 2.65. The molecule has 0 amide bonds. The average Bonchev–Trinajstić information content (AvgIpc) is 2.55. The van der Waals surface area contributed by atoms with E-state index in [1.165, 1.54) is 19.3 Å². The highest BCUT2D eigenvalue weighted by molar-refractivity contribution is 9.10. The van der Waals surface area contributed by atoms with Gasteiger partial charge in [0.25, 0.3) is 0 Å². The minimum Gasteiger partial charge on any atom is -0.381 e. The average molecular weight is 300 g/mol. The fourth-order valence-corrected chi connectivity index (χ4v) is 3.04. The topological polar surface area (TPSA) is 12.0 Å². The molecule has 2 rings (SSSR count). The van der Waals surface area contributed by atoms with Crippen LogP contribution in [0.3, 0.4) is 0 Å². The third-order valence-electron chi connectivity index (χ3n) is 3.85. The van der Waals surface area contributed by atoms with E-state index in [-0.39, 0.29) is 5.82 Å². The Morgan fingerprint density at radius 1 is 1.41 bits per heavy atom. The van der Waals surface area contributed by atoms with Gasteiger partial charge in [-0.05, 0) is 58.8 Å². The predicted octanol–water partition coefficient (Wildman–Crippen LogP) is 4.89. The molecule has 0 saturated heterocycles. The van der Waals surface area contributed by atoms with Crippen LogP contribution in [0.15, 0.2) is 16.6 Å². The van der Waals surface area contributed by atoms with Gasteiger partial charge in [-0.3, -0.25) is 0 Å². The minimum atomic E-state index is -0.200. The molecule has 1 unspecified atom stereocenters. The highest BCUT2D eigenvalue weighted by Gasteiger charge is 2.34. The fourth-order valence-electron chi connectivity index (χ4n) is 2.58. The second-order valence-corrected chi connectivity index (χ2v) is 6.51. The van der Waals surface area contributed by atoms with Crippen LogP contribution in [0, 0.1) is 18.2 Å². The van der Waals surface area contributed by atoms with E-state index in [2.05, 4.69) is 35.1 Å². The lowest BCUT2D eigenvalue weighted by molar-refractivity contribution is 0.350. The molecule has 0 radical (unpaired) electrons.